The third kappa shape index (κ3) is 6.62. The molecule has 2 unspecified atom stereocenters. The van der Waals surface area contributed by atoms with Gasteiger partial charge >= 0.3 is 321 Å². The summed E-state index contributed by atoms with van der Waals surface area (Å²) in [7, 11) is 17.7. The summed E-state index contributed by atoms with van der Waals surface area (Å²) in [6.07, 6.45) is 7.13. The minimum absolute atomic E-state index is 0.0792. The molecule has 0 N–H and O–H groups in total. The van der Waals surface area contributed by atoms with Crippen LogP contribution in [0.2, 0.25) is 13.1 Å². The number of benzene rings is 4. The molecule has 0 heterocycles. The third-order valence-electron chi connectivity index (χ3n) is 12.1. The normalized spacial score (nSPS) is 18.4. The zero-order valence-electron chi connectivity index (χ0n) is 33.1. The van der Waals surface area contributed by atoms with E-state index in [0.717, 1.165) is 12.8 Å². The van der Waals surface area contributed by atoms with Crippen molar-refractivity contribution in [1.29, 1.82) is 0 Å². The summed E-state index contributed by atoms with van der Waals surface area (Å²) in [5, 5.41) is 0. The number of halogens is 2. The molecule has 2 aliphatic rings. The molecule has 6 rings (SSSR count). The molecule has 51 heavy (non-hydrogen) atoms. The predicted octanol–water partition coefficient (Wildman–Crippen LogP) is 14.9. The van der Waals surface area contributed by atoms with Gasteiger partial charge in [0, 0.05) is 0 Å². The molecule has 4 aromatic rings. The Morgan fingerprint density at radius 3 is 1.69 bits per heavy atom. The second kappa shape index (κ2) is 13.7. The van der Waals surface area contributed by atoms with Gasteiger partial charge in [-0.2, -0.15) is 0 Å². The molecule has 269 valence electrons. The molecule has 0 amide bonds. The van der Waals surface area contributed by atoms with Gasteiger partial charge in [-0.15, -0.1) is 0 Å². The first-order chi connectivity index (χ1) is 23.8. The quantitative estimate of drug-likeness (QED) is 0.156. The van der Waals surface area contributed by atoms with Gasteiger partial charge in [0.15, 0.2) is 0 Å². The average molecular weight is 814 g/mol. The monoisotopic (exact) mass is 811 g/mol. The number of allylic oxidation sites excluding steroid dienone is 2. The van der Waals surface area contributed by atoms with E-state index in [0.29, 0.717) is 5.92 Å². The maximum absolute atomic E-state index is 8.83. The molecule has 0 aliphatic heterocycles. The molecule has 0 fully saturated rings. The molecule has 0 radical (unpaired) electrons. The van der Waals surface area contributed by atoms with E-state index in [4.69, 9.17) is 17.0 Å². The summed E-state index contributed by atoms with van der Waals surface area (Å²) in [5.41, 5.74) is 17.7. The molecule has 4 aromatic carbocycles. The molecule has 0 spiro atoms. The van der Waals surface area contributed by atoms with E-state index in [1.165, 1.54) is 72.3 Å². The van der Waals surface area contributed by atoms with Crippen molar-refractivity contribution < 1.29 is 15.6 Å². The SMILES string of the molecule is CCCC1=Cc2c(-c3ccc(C(C)(C)C)cc3)ccc(C)c2[CH]1[Zr]([Cl])([Cl])([CH]1C(C(C)C)=Cc2c(-c3ccc(C(C)(C)C)cc3)cccc21)[SiH](C)C. The van der Waals surface area contributed by atoms with E-state index < -0.39 is 21.5 Å². The Labute approximate surface area is 318 Å². The van der Waals surface area contributed by atoms with Crippen LogP contribution in [0.1, 0.15) is 121 Å². The van der Waals surface area contributed by atoms with Crippen molar-refractivity contribution in [1.82, 2.24) is 0 Å². The average Bonchev–Trinajstić information content (AvgIpc) is 3.66. The van der Waals surface area contributed by atoms with Gasteiger partial charge in [-0.25, -0.2) is 0 Å². The maximum atomic E-state index is 8.83. The van der Waals surface area contributed by atoms with Crippen molar-refractivity contribution in [3.05, 3.63) is 129 Å². The van der Waals surface area contributed by atoms with Crippen LogP contribution in [0.3, 0.4) is 0 Å². The molecule has 0 nitrogen and oxygen atoms in total. The van der Waals surface area contributed by atoms with Gasteiger partial charge < -0.3 is 0 Å². The van der Waals surface area contributed by atoms with E-state index in [-0.39, 0.29) is 18.1 Å². The Bertz CT molecular complexity index is 2010. The molecule has 2 aliphatic carbocycles. The fraction of sp³-hybridized carbons (Fsp3) is 0.404. The number of hydrogen-bond donors (Lipinski definition) is 0. The Balaban J connectivity index is 1.57. The fourth-order valence-electron chi connectivity index (χ4n) is 9.05. The second-order valence-corrected chi connectivity index (χ2v) is 60.7. The molecular formula is C47H59Cl2SiZr. The van der Waals surface area contributed by atoms with Gasteiger partial charge in [0.2, 0.25) is 0 Å². The van der Waals surface area contributed by atoms with Crippen molar-refractivity contribution in [3.8, 4) is 22.3 Å². The van der Waals surface area contributed by atoms with Crippen LogP contribution in [0.25, 0.3) is 34.4 Å². The zero-order chi connectivity index (χ0) is 37.3. The van der Waals surface area contributed by atoms with Gasteiger partial charge in [-0.3, -0.25) is 0 Å². The first-order valence-corrected chi connectivity index (χ1v) is 35.6. The van der Waals surface area contributed by atoms with E-state index in [1.807, 2.05) is 0 Å². The van der Waals surface area contributed by atoms with Crippen molar-refractivity contribution >= 4 is 35.1 Å². The Kier molecular flexibility index (Phi) is 10.4. The van der Waals surface area contributed by atoms with Crippen molar-refractivity contribution in [3.63, 3.8) is 0 Å². The number of aryl methyl sites for hydroxylation is 1. The van der Waals surface area contributed by atoms with Crippen LogP contribution in [0.4, 0.5) is 0 Å². The van der Waals surface area contributed by atoms with E-state index >= 15 is 0 Å². The van der Waals surface area contributed by atoms with Gasteiger partial charge in [0.1, 0.15) is 0 Å². The van der Waals surface area contributed by atoms with Crippen LogP contribution in [-0.4, -0.2) is 5.92 Å². The van der Waals surface area contributed by atoms with Gasteiger partial charge in [0.05, 0.1) is 0 Å². The first kappa shape index (κ1) is 38.8. The third-order valence-corrected chi connectivity index (χ3v) is 63.8. The summed E-state index contributed by atoms with van der Waals surface area (Å²) >= 11 is -4.92. The standard InChI is InChI=1S/C23H27.C22H25.C2H7Si.2ClH.Zr/c1-6-7-17-14-21-16(2)8-13-20(22(21)15-17)18-9-11-19(12-10-18)23(3,4)5;1-15(2)18-13-17-7-6-8-20(21(17)14-18)16-9-11-19(12-10-16)22(3,4)5;1-3-2;;;/h8-15H,6-7H2,1-5H3;6-15H,1-5H3;3H,1-2H3;2*1H;/q;;;;;+2/p-2. The Morgan fingerprint density at radius 1 is 0.686 bits per heavy atom. The number of hydrogen-bond acceptors (Lipinski definition) is 0. The molecular weight excluding hydrogens is 755 g/mol. The van der Waals surface area contributed by atoms with Crippen molar-refractivity contribution in [2.45, 2.75) is 113 Å². The topological polar surface area (TPSA) is 0 Å². The van der Waals surface area contributed by atoms with E-state index in [1.54, 1.807) is 0 Å². The van der Waals surface area contributed by atoms with Gasteiger partial charge in [0.25, 0.3) is 0 Å². The molecule has 4 heteroatoms. The predicted molar refractivity (Wildman–Crippen MR) is 228 cm³/mol. The van der Waals surface area contributed by atoms with Gasteiger partial charge in [-0.1, -0.05) is 0 Å². The van der Waals surface area contributed by atoms with Crippen LogP contribution in [0.5, 0.6) is 0 Å². The Hall–Kier alpha value is -1.96. The van der Waals surface area contributed by atoms with Crippen LogP contribution >= 0.6 is 17.0 Å². The molecule has 0 aromatic heterocycles. The summed E-state index contributed by atoms with van der Waals surface area (Å²) in [6, 6.07) is 30.1. The Morgan fingerprint density at radius 2 is 1.22 bits per heavy atom. The summed E-state index contributed by atoms with van der Waals surface area (Å²) in [6.45, 7) is 27.9. The van der Waals surface area contributed by atoms with E-state index in [9.17, 15) is 0 Å². The first-order valence-electron chi connectivity index (χ1n) is 19.3. The summed E-state index contributed by atoms with van der Waals surface area (Å²) in [5.74, 6) is -1.34. The number of rotatable bonds is 8. The second-order valence-electron chi connectivity index (χ2n) is 18.2. The van der Waals surface area contributed by atoms with E-state index in [2.05, 4.69) is 173 Å². The van der Waals surface area contributed by atoms with Crippen LogP contribution < -0.4 is 0 Å². The fourth-order valence-corrected chi connectivity index (χ4v) is 40.6. The van der Waals surface area contributed by atoms with Gasteiger partial charge in [-0.05, 0) is 0 Å². The zero-order valence-corrected chi connectivity index (χ0v) is 38.3. The molecule has 0 saturated heterocycles. The van der Waals surface area contributed by atoms with Crippen LogP contribution in [0, 0.1) is 12.8 Å². The number of fused-ring (bicyclic) bond motifs is 2. The van der Waals surface area contributed by atoms with Crippen molar-refractivity contribution in [2.75, 3.05) is 0 Å². The molecule has 2 atom stereocenters. The summed E-state index contributed by atoms with van der Waals surface area (Å²) < 4.78 is 0.175. The molecule has 0 saturated carbocycles. The minimum atomic E-state index is -4.92. The van der Waals surface area contributed by atoms with Crippen LogP contribution in [-0.2, 0) is 26.4 Å². The molecule has 0 bridgehead atoms. The van der Waals surface area contributed by atoms with Crippen molar-refractivity contribution in [2.24, 2.45) is 5.92 Å². The van der Waals surface area contributed by atoms with Crippen LogP contribution in [0.15, 0.2) is 90.0 Å². The summed E-state index contributed by atoms with van der Waals surface area (Å²) in [4.78, 5) is 0.